The van der Waals surface area contributed by atoms with Crippen LogP contribution in [0.2, 0.25) is 0 Å². The standard InChI is InChI=1S/C17H27NO2S/c1-13-9-17(2,3)10-16(13)18-11-14-6-5-7-15(8-14)12-21(4,19)20/h5-8,13,16,18H,9-12H2,1-4H3/t13-,16-/m0/s1. The first-order chi connectivity index (χ1) is 9.65. The van der Waals surface area contributed by atoms with Crippen molar-refractivity contribution in [2.75, 3.05) is 6.26 Å². The predicted molar refractivity (Wildman–Crippen MR) is 87.8 cm³/mol. The average Bonchev–Trinajstić information content (AvgIpc) is 2.58. The lowest BCUT2D eigenvalue weighted by atomic mass is 9.91. The van der Waals surface area contributed by atoms with E-state index in [1.54, 1.807) is 0 Å². The zero-order valence-electron chi connectivity index (χ0n) is 13.5. The van der Waals surface area contributed by atoms with Crippen LogP contribution in [0.3, 0.4) is 0 Å². The van der Waals surface area contributed by atoms with Gasteiger partial charge in [-0.3, -0.25) is 0 Å². The van der Waals surface area contributed by atoms with Crippen LogP contribution in [0, 0.1) is 11.3 Å². The molecule has 1 saturated carbocycles. The molecule has 1 aliphatic carbocycles. The zero-order chi connectivity index (χ0) is 15.7. The Morgan fingerprint density at radius 3 is 2.48 bits per heavy atom. The van der Waals surface area contributed by atoms with Gasteiger partial charge in [0.25, 0.3) is 0 Å². The van der Waals surface area contributed by atoms with Crippen LogP contribution in [-0.2, 0) is 22.1 Å². The molecule has 2 rings (SSSR count). The van der Waals surface area contributed by atoms with E-state index in [0.717, 1.165) is 17.7 Å². The lowest BCUT2D eigenvalue weighted by Crippen LogP contribution is -2.31. The minimum absolute atomic E-state index is 0.119. The van der Waals surface area contributed by atoms with Gasteiger partial charge in [-0.25, -0.2) is 8.42 Å². The van der Waals surface area contributed by atoms with Crippen molar-refractivity contribution < 1.29 is 8.42 Å². The number of nitrogens with one attached hydrogen (secondary N) is 1. The topological polar surface area (TPSA) is 46.2 Å². The van der Waals surface area contributed by atoms with Gasteiger partial charge in [-0.1, -0.05) is 45.0 Å². The van der Waals surface area contributed by atoms with Gasteiger partial charge in [-0.05, 0) is 35.3 Å². The number of hydrogen-bond donors (Lipinski definition) is 1. The molecule has 4 heteroatoms. The second kappa shape index (κ2) is 6.09. The third-order valence-corrected chi connectivity index (χ3v) is 5.18. The SMILES string of the molecule is C[C@H]1CC(C)(C)C[C@@H]1NCc1cccc(CS(C)(=O)=O)c1. The summed E-state index contributed by atoms with van der Waals surface area (Å²) in [4.78, 5) is 0. The summed E-state index contributed by atoms with van der Waals surface area (Å²) in [5.74, 6) is 0.812. The van der Waals surface area contributed by atoms with Crippen molar-refractivity contribution in [2.45, 2.75) is 52.0 Å². The summed E-state index contributed by atoms with van der Waals surface area (Å²) >= 11 is 0. The van der Waals surface area contributed by atoms with Gasteiger partial charge in [-0.2, -0.15) is 0 Å². The molecule has 2 atom stereocenters. The lowest BCUT2D eigenvalue weighted by molar-refractivity contribution is 0.362. The van der Waals surface area contributed by atoms with Crippen molar-refractivity contribution in [1.29, 1.82) is 0 Å². The largest absolute Gasteiger partial charge is 0.310 e. The van der Waals surface area contributed by atoms with E-state index in [1.165, 1.54) is 19.1 Å². The molecule has 0 heterocycles. The molecule has 0 amide bonds. The Bertz CT molecular complexity index is 593. The van der Waals surface area contributed by atoms with Crippen molar-refractivity contribution in [2.24, 2.45) is 11.3 Å². The van der Waals surface area contributed by atoms with Crippen LogP contribution >= 0.6 is 0 Å². The van der Waals surface area contributed by atoms with Crippen LogP contribution in [0.4, 0.5) is 0 Å². The van der Waals surface area contributed by atoms with E-state index in [-0.39, 0.29) is 5.75 Å². The van der Waals surface area contributed by atoms with Crippen molar-refractivity contribution in [3.8, 4) is 0 Å². The Morgan fingerprint density at radius 1 is 1.24 bits per heavy atom. The first-order valence-electron chi connectivity index (χ1n) is 7.64. The molecule has 1 N–H and O–H groups in total. The summed E-state index contributed by atoms with van der Waals surface area (Å²) < 4.78 is 22.8. The smallest absolute Gasteiger partial charge is 0.151 e. The Hall–Kier alpha value is -0.870. The van der Waals surface area contributed by atoms with E-state index in [2.05, 4.69) is 32.2 Å². The summed E-state index contributed by atoms with van der Waals surface area (Å²) in [6.45, 7) is 7.78. The second-order valence-corrected chi connectivity index (χ2v) is 9.57. The van der Waals surface area contributed by atoms with Gasteiger partial charge in [0, 0.05) is 18.8 Å². The summed E-state index contributed by atoms with van der Waals surface area (Å²) in [6, 6.07) is 8.44. The van der Waals surface area contributed by atoms with Gasteiger partial charge >= 0.3 is 0 Å². The van der Waals surface area contributed by atoms with Crippen LogP contribution in [0.5, 0.6) is 0 Å². The van der Waals surface area contributed by atoms with Gasteiger partial charge < -0.3 is 5.32 Å². The van der Waals surface area contributed by atoms with E-state index in [0.29, 0.717) is 17.4 Å². The molecule has 0 saturated heterocycles. The summed E-state index contributed by atoms with van der Waals surface area (Å²) in [5.41, 5.74) is 2.46. The Kier molecular flexibility index (Phi) is 4.79. The number of benzene rings is 1. The minimum Gasteiger partial charge on any atom is -0.310 e. The van der Waals surface area contributed by atoms with E-state index >= 15 is 0 Å². The van der Waals surface area contributed by atoms with Crippen molar-refractivity contribution in [3.63, 3.8) is 0 Å². The highest BCUT2D eigenvalue weighted by molar-refractivity contribution is 7.89. The first kappa shape index (κ1) is 16.5. The second-order valence-electron chi connectivity index (χ2n) is 7.43. The van der Waals surface area contributed by atoms with Crippen molar-refractivity contribution in [3.05, 3.63) is 35.4 Å². The third-order valence-electron chi connectivity index (χ3n) is 4.32. The molecule has 1 fully saturated rings. The molecule has 1 aromatic carbocycles. The molecule has 1 aliphatic rings. The Balaban J connectivity index is 1.96. The number of rotatable bonds is 5. The van der Waals surface area contributed by atoms with Crippen LogP contribution in [0.15, 0.2) is 24.3 Å². The summed E-state index contributed by atoms with van der Waals surface area (Å²) in [6.07, 6.45) is 3.75. The van der Waals surface area contributed by atoms with Gasteiger partial charge in [-0.15, -0.1) is 0 Å². The number of hydrogen-bond acceptors (Lipinski definition) is 3. The maximum absolute atomic E-state index is 11.4. The maximum atomic E-state index is 11.4. The quantitative estimate of drug-likeness (QED) is 0.909. The molecular weight excluding hydrogens is 282 g/mol. The summed E-state index contributed by atoms with van der Waals surface area (Å²) in [5, 5.41) is 3.64. The van der Waals surface area contributed by atoms with E-state index in [9.17, 15) is 8.42 Å². The molecule has 0 unspecified atom stereocenters. The van der Waals surface area contributed by atoms with Crippen LogP contribution in [0.25, 0.3) is 0 Å². The normalized spacial score (nSPS) is 25.1. The molecule has 118 valence electrons. The van der Waals surface area contributed by atoms with Crippen LogP contribution in [-0.4, -0.2) is 20.7 Å². The Morgan fingerprint density at radius 2 is 1.90 bits per heavy atom. The van der Waals surface area contributed by atoms with Gasteiger partial charge in [0.1, 0.15) is 0 Å². The predicted octanol–water partition coefficient (Wildman–Crippen LogP) is 3.15. The number of sulfone groups is 1. The Labute approximate surface area is 129 Å². The molecule has 3 nitrogen and oxygen atoms in total. The fraction of sp³-hybridized carbons (Fsp3) is 0.647. The van der Waals surface area contributed by atoms with Crippen molar-refractivity contribution in [1.82, 2.24) is 5.32 Å². The highest BCUT2D eigenvalue weighted by Gasteiger charge is 2.36. The molecule has 1 aromatic rings. The first-order valence-corrected chi connectivity index (χ1v) is 9.70. The highest BCUT2D eigenvalue weighted by atomic mass is 32.2. The molecule has 0 aliphatic heterocycles. The zero-order valence-corrected chi connectivity index (χ0v) is 14.3. The third kappa shape index (κ3) is 5.11. The molecule has 0 aromatic heterocycles. The molecular formula is C17H27NO2S. The molecule has 0 radical (unpaired) electrons. The van der Waals surface area contributed by atoms with E-state index in [1.807, 2.05) is 18.2 Å². The van der Waals surface area contributed by atoms with Gasteiger partial charge in [0.15, 0.2) is 9.84 Å². The minimum atomic E-state index is -2.97. The van der Waals surface area contributed by atoms with Gasteiger partial charge in [0.2, 0.25) is 0 Å². The van der Waals surface area contributed by atoms with Gasteiger partial charge in [0.05, 0.1) is 5.75 Å². The lowest BCUT2D eigenvalue weighted by Gasteiger charge is -2.19. The maximum Gasteiger partial charge on any atom is 0.151 e. The molecule has 0 spiro atoms. The monoisotopic (exact) mass is 309 g/mol. The molecule has 0 bridgehead atoms. The molecule has 21 heavy (non-hydrogen) atoms. The van der Waals surface area contributed by atoms with E-state index < -0.39 is 9.84 Å². The van der Waals surface area contributed by atoms with Crippen molar-refractivity contribution >= 4 is 9.84 Å². The average molecular weight is 309 g/mol. The highest BCUT2D eigenvalue weighted by Crippen LogP contribution is 2.40. The van der Waals surface area contributed by atoms with Crippen LogP contribution < -0.4 is 5.32 Å². The fourth-order valence-electron chi connectivity index (χ4n) is 3.55. The summed E-state index contributed by atoms with van der Waals surface area (Å²) in [7, 11) is -2.97. The fourth-order valence-corrected chi connectivity index (χ4v) is 4.33. The van der Waals surface area contributed by atoms with E-state index in [4.69, 9.17) is 0 Å². The van der Waals surface area contributed by atoms with Crippen LogP contribution in [0.1, 0.15) is 44.7 Å².